The van der Waals surface area contributed by atoms with E-state index in [4.69, 9.17) is 0 Å². The number of carbonyl (C=O) groups excluding carboxylic acids is 1. The molecule has 4 aromatic rings. The molecule has 0 bridgehead atoms. The van der Waals surface area contributed by atoms with E-state index >= 15 is 0 Å². The predicted molar refractivity (Wildman–Crippen MR) is 116 cm³/mol. The standard InChI is InChI=1S/C24H20F2N4O/c25-18-4-1-3-16(11-18)15-30-21-13-19(26)6-5-17(21)12-22(30)24(31)28-20-7-8-23(27-14-20)29-9-2-10-29/h1,3-8,11-14H,2,9-10,15H2,(H,28,31). The molecule has 7 heteroatoms. The second-order valence-corrected chi connectivity index (χ2v) is 7.65. The van der Waals surface area contributed by atoms with Crippen molar-refractivity contribution in [2.24, 2.45) is 0 Å². The molecule has 156 valence electrons. The fourth-order valence-electron chi connectivity index (χ4n) is 3.79. The quantitative estimate of drug-likeness (QED) is 0.505. The highest BCUT2D eigenvalue weighted by Crippen LogP contribution is 2.24. The van der Waals surface area contributed by atoms with Gasteiger partial charge in [-0.25, -0.2) is 13.8 Å². The molecule has 0 unspecified atom stereocenters. The topological polar surface area (TPSA) is 50.2 Å². The zero-order valence-corrected chi connectivity index (χ0v) is 16.7. The van der Waals surface area contributed by atoms with Gasteiger partial charge in [0.25, 0.3) is 5.91 Å². The average Bonchev–Trinajstić information content (AvgIpc) is 3.06. The van der Waals surface area contributed by atoms with Crippen molar-refractivity contribution in [1.29, 1.82) is 0 Å². The third-order valence-corrected chi connectivity index (χ3v) is 5.51. The molecule has 1 N–H and O–H groups in total. The van der Waals surface area contributed by atoms with E-state index in [9.17, 15) is 13.6 Å². The van der Waals surface area contributed by atoms with E-state index < -0.39 is 5.82 Å². The Morgan fingerprint density at radius 1 is 1.00 bits per heavy atom. The lowest BCUT2D eigenvalue weighted by Crippen LogP contribution is -2.37. The Morgan fingerprint density at radius 2 is 1.84 bits per heavy atom. The second-order valence-electron chi connectivity index (χ2n) is 7.65. The minimum atomic E-state index is -0.399. The lowest BCUT2D eigenvalue weighted by molar-refractivity contribution is 0.101. The van der Waals surface area contributed by atoms with Crippen LogP contribution in [0.4, 0.5) is 20.3 Å². The minimum absolute atomic E-state index is 0.236. The number of hydrogen-bond donors (Lipinski definition) is 1. The summed E-state index contributed by atoms with van der Waals surface area (Å²) in [6.07, 6.45) is 2.79. The van der Waals surface area contributed by atoms with Gasteiger partial charge in [0, 0.05) is 25.0 Å². The van der Waals surface area contributed by atoms with Gasteiger partial charge in [0.05, 0.1) is 17.4 Å². The van der Waals surface area contributed by atoms with Crippen LogP contribution in [0.25, 0.3) is 10.9 Å². The third-order valence-electron chi connectivity index (χ3n) is 5.51. The highest BCUT2D eigenvalue weighted by Gasteiger charge is 2.18. The molecule has 2 aromatic carbocycles. The van der Waals surface area contributed by atoms with Crippen molar-refractivity contribution in [3.63, 3.8) is 0 Å². The van der Waals surface area contributed by atoms with Crippen molar-refractivity contribution in [3.8, 4) is 0 Å². The molecule has 0 aliphatic carbocycles. The van der Waals surface area contributed by atoms with E-state index in [2.05, 4.69) is 15.2 Å². The van der Waals surface area contributed by atoms with E-state index in [1.165, 1.54) is 24.3 Å². The summed E-state index contributed by atoms with van der Waals surface area (Å²) in [6.45, 7) is 2.23. The maximum Gasteiger partial charge on any atom is 0.272 e. The number of aromatic nitrogens is 2. The Hall–Kier alpha value is -3.74. The summed E-state index contributed by atoms with van der Waals surface area (Å²) < 4.78 is 29.3. The van der Waals surface area contributed by atoms with Gasteiger partial charge >= 0.3 is 0 Å². The monoisotopic (exact) mass is 418 g/mol. The Kier molecular flexibility index (Phi) is 4.86. The van der Waals surface area contributed by atoms with E-state index in [0.717, 1.165) is 30.7 Å². The number of amides is 1. The predicted octanol–water partition coefficient (Wildman–Crippen LogP) is 4.83. The summed E-state index contributed by atoms with van der Waals surface area (Å²) in [5, 5.41) is 3.60. The number of carbonyl (C=O) groups is 1. The van der Waals surface area contributed by atoms with E-state index in [1.54, 1.807) is 35.0 Å². The van der Waals surface area contributed by atoms with Crippen molar-refractivity contribution in [3.05, 3.63) is 89.8 Å². The third kappa shape index (κ3) is 3.86. The molecule has 1 fully saturated rings. The number of nitrogens with one attached hydrogen (secondary N) is 1. The summed E-state index contributed by atoms with van der Waals surface area (Å²) in [6, 6.07) is 15.9. The van der Waals surface area contributed by atoms with E-state index in [-0.39, 0.29) is 18.3 Å². The first-order chi connectivity index (χ1) is 15.1. The van der Waals surface area contributed by atoms with Gasteiger partial charge < -0.3 is 14.8 Å². The van der Waals surface area contributed by atoms with E-state index in [0.29, 0.717) is 22.5 Å². The van der Waals surface area contributed by atoms with Crippen LogP contribution >= 0.6 is 0 Å². The lowest BCUT2D eigenvalue weighted by atomic mass is 10.2. The highest BCUT2D eigenvalue weighted by atomic mass is 19.1. The zero-order valence-electron chi connectivity index (χ0n) is 16.7. The van der Waals surface area contributed by atoms with Crippen molar-refractivity contribution in [2.75, 3.05) is 23.3 Å². The highest BCUT2D eigenvalue weighted by molar-refractivity contribution is 6.06. The molecule has 0 saturated carbocycles. The number of pyridine rings is 1. The van der Waals surface area contributed by atoms with Crippen LogP contribution in [0.1, 0.15) is 22.5 Å². The first-order valence-corrected chi connectivity index (χ1v) is 10.1. The van der Waals surface area contributed by atoms with E-state index in [1.807, 2.05) is 12.1 Å². The maximum atomic E-state index is 13.9. The molecule has 1 aliphatic rings. The summed E-state index contributed by atoms with van der Waals surface area (Å²) in [7, 11) is 0. The normalized spacial score (nSPS) is 13.3. The molecule has 5 rings (SSSR count). The zero-order chi connectivity index (χ0) is 21.4. The summed E-state index contributed by atoms with van der Waals surface area (Å²) >= 11 is 0. The van der Waals surface area contributed by atoms with Gasteiger partial charge in [-0.1, -0.05) is 12.1 Å². The number of hydrogen-bond acceptors (Lipinski definition) is 3. The number of halogens is 2. The van der Waals surface area contributed by atoms with Gasteiger partial charge in [-0.3, -0.25) is 4.79 Å². The van der Waals surface area contributed by atoms with Gasteiger partial charge in [-0.2, -0.15) is 0 Å². The van der Waals surface area contributed by atoms with Gasteiger partial charge in [-0.05, 0) is 60.5 Å². The Balaban J connectivity index is 1.47. The number of rotatable bonds is 5. The van der Waals surface area contributed by atoms with Crippen molar-refractivity contribution >= 4 is 28.3 Å². The molecule has 3 heterocycles. The molecule has 0 radical (unpaired) electrons. The fraction of sp³-hybridized carbons (Fsp3) is 0.167. The Bertz CT molecular complexity index is 1260. The molecule has 1 amide bonds. The molecule has 31 heavy (non-hydrogen) atoms. The van der Waals surface area contributed by atoms with Crippen LogP contribution in [-0.4, -0.2) is 28.5 Å². The summed E-state index contributed by atoms with van der Waals surface area (Å²) in [5.74, 6) is -0.213. The van der Waals surface area contributed by atoms with Gasteiger partial charge in [0.15, 0.2) is 0 Å². The first-order valence-electron chi connectivity index (χ1n) is 10.1. The number of benzene rings is 2. The second kappa shape index (κ2) is 7.83. The van der Waals surface area contributed by atoms with Crippen molar-refractivity contribution in [2.45, 2.75) is 13.0 Å². The number of anilines is 2. The number of fused-ring (bicyclic) bond motifs is 1. The molecule has 0 spiro atoms. The van der Waals surface area contributed by atoms with Crippen LogP contribution in [0.15, 0.2) is 66.9 Å². The number of nitrogens with zero attached hydrogens (tertiary/aromatic N) is 3. The molecular formula is C24H20F2N4O. The van der Waals surface area contributed by atoms with Crippen LogP contribution in [-0.2, 0) is 6.54 Å². The van der Waals surface area contributed by atoms with Crippen LogP contribution in [0.3, 0.4) is 0 Å². The van der Waals surface area contributed by atoms with Crippen LogP contribution in [0.2, 0.25) is 0 Å². The lowest BCUT2D eigenvalue weighted by Gasteiger charge is -2.31. The molecule has 5 nitrogen and oxygen atoms in total. The summed E-state index contributed by atoms with van der Waals surface area (Å²) in [5.41, 5.74) is 2.18. The fourth-order valence-corrected chi connectivity index (χ4v) is 3.79. The van der Waals surface area contributed by atoms with Gasteiger partial charge in [0.2, 0.25) is 0 Å². The molecule has 0 atom stereocenters. The largest absolute Gasteiger partial charge is 0.356 e. The van der Waals surface area contributed by atoms with Crippen LogP contribution in [0.5, 0.6) is 0 Å². The smallest absolute Gasteiger partial charge is 0.272 e. The average molecular weight is 418 g/mol. The van der Waals surface area contributed by atoms with Crippen molar-refractivity contribution < 1.29 is 13.6 Å². The first kappa shape index (κ1) is 19.2. The molecular weight excluding hydrogens is 398 g/mol. The van der Waals surface area contributed by atoms with Gasteiger partial charge in [0.1, 0.15) is 23.1 Å². The van der Waals surface area contributed by atoms with Crippen LogP contribution in [0, 0.1) is 11.6 Å². The maximum absolute atomic E-state index is 13.9. The van der Waals surface area contributed by atoms with Crippen molar-refractivity contribution in [1.82, 2.24) is 9.55 Å². The van der Waals surface area contributed by atoms with Gasteiger partial charge in [-0.15, -0.1) is 0 Å². The minimum Gasteiger partial charge on any atom is -0.356 e. The van der Waals surface area contributed by atoms with Crippen LogP contribution < -0.4 is 10.2 Å². The molecule has 1 saturated heterocycles. The molecule has 1 aliphatic heterocycles. The SMILES string of the molecule is O=C(Nc1ccc(N2CCC2)nc1)c1cc2ccc(F)cc2n1Cc1cccc(F)c1. The summed E-state index contributed by atoms with van der Waals surface area (Å²) in [4.78, 5) is 19.7. The molecule has 2 aromatic heterocycles. The Morgan fingerprint density at radius 3 is 2.55 bits per heavy atom. The Labute approximate surface area is 177 Å².